The first-order chi connectivity index (χ1) is 8.50. The summed E-state index contributed by atoms with van der Waals surface area (Å²) in [6.07, 6.45) is 0. The van der Waals surface area contributed by atoms with Gasteiger partial charge < -0.3 is 11.1 Å². The second-order valence-corrected chi connectivity index (χ2v) is 5.65. The molecule has 0 fully saturated rings. The van der Waals surface area contributed by atoms with Crippen molar-refractivity contribution in [2.24, 2.45) is 0 Å². The topological polar surface area (TPSA) is 55.9 Å². The fourth-order valence-corrected chi connectivity index (χ4v) is 2.27. The fraction of sp³-hybridized carbons (Fsp3) is 0.308. The summed E-state index contributed by atoms with van der Waals surface area (Å²) in [5, 5.41) is 7.84. The van der Waals surface area contributed by atoms with Crippen LogP contribution in [0.3, 0.4) is 0 Å². The molecule has 0 saturated carbocycles. The van der Waals surface area contributed by atoms with Crippen LogP contribution in [0.25, 0.3) is 0 Å². The van der Waals surface area contributed by atoms with Crippen LogP contribution in [-0.4, -0.2) is 9.78 Å². The number of nitrogens with two attached hydrogens (primary N) is 1. The van der Waals surface area contributed by atoms with E-state index in [0.717, 1.165) is 20.8 Å². The molecule has 1 aromatic heterocycles. The molecule has 0 amide bonds. The van der Waals surface area contributed by atoms with Gasteiger partial charge in [-0.05, 0) is 55.5 Å². The van der Waals surface area contributed by atoms with Gasteiger partial charge >= 0.3 is 0 Å². The van der Waals surface area contributed by atoms with Crippen molar-refractivity contribution < 1.29 is 0 Å². The summed E-state index contributed by atoms with van der Waals surface area (Å²) in [5.41, 5.74) is 8.71. The van der Waals surface area contributed by atoms with Crippen LogP contribution >= 0.6 is 22.6 Å². The maximum absolute atomic E-state index is 6.09. The Morgan fingerprint density at radius 1 is 1.33 bits per heavy atom. The number of benzene rings is 1. The van der Waals surface area contributed by atoms with E-state index in [9.17, 15) is 0 Å². The molecule has 18 heavy (non-hydrogen) atoms. The van der Waals surface area contributed by atoms with E-state index in [-0.39, 0.29) is 6.04 Å². The molecule has 1 heterocycles. The van der Waals surface area contributed by atoms with E-state index in [1.54, 1.807) is 0 Å². The highest BCUT2D eigenvalue weighted by molar-refractivity contribution is 14.1. The third-order valence-electron chi connectivity index (χ3n) is 2.75. The number of nitrogens with zero attached hydrogens (tertiary/aromatic N) is 2. The van der Waals surface area contributed by atoms with Crippen LogP contribution in [0.4, 0.5) is 17.2 Å². The van der Waals surface area contributed by atoms with E-state index in [4.69, 9.17) is 5.73 Å². The van der Waals surface area contributed by atoms with Gasteiger partial charge in [0.05, 0.1) is 17.1 Å². The van der Waals surface area contributed by atoms with Gasteiger partial charge in [-0.3, -0.25) is 0 Å². The molecule has 5 heteroatoms. The molecule has 0 aliphatic carbocycles. The Labute approximate surface area is 121 Å². The zero-order chi connectivity index (χ0) is 13.3. The Bertz CT molecular complexity index is 560. The fourth-order valence-electron chi connectivity index (χ4n) is 1.75. The molecule has 2 rings (SSSR count). The van der Waals surface area contributed by atoms with Crippen molar-refractivity contribution >= 4 is 39.8 Å². The molecule has 1 aromatic carbocycles. The molecule has 0 radical (unpaired) electrons. The second kappa shape index (κ2) is 5.17. The van der Waals surface area contributed by atoms with Crippen LogP contribution in [-0.2, 0) is 0 Å². The van der Waals surface area contributed by atoms with Gasteiger partial charge in [-0.25, -0.2) is 4.68 Å². The molecule has 0 unspecified atom stereocenters. The smallest absolute Gasteiger partial charge is 0.152 e. The molecular weight excluding hydrogens is 339 g/mol. The van der Waals surface area contributed by atoms with Gasteiger partial charge in [0.2, 0.25) is 0 Å². The summed E-state index contributed by atoms with van der Waals surface area (Å²) in [7, 11) is 0. The number of rotatable bonds is 3. The molecule has 4 nitrogen and oxygen atoms in total. The molecule has 0 spiro atoms. The minimum Gasteiger partial charge on any atom is -0.394 e. The number of aromatic nitrogens is 2. The van der Waals surface area contributed by atoms with Crippen LogP contribution in [0.15, 0.2) is 24.3 Å². The van der Waals surface area contributed by atoms with Crippen LogP contribution in [0.1, 0.15) is 25.6 Å². The zero-order valence-electron chi connectivity index (χ0n) is 10.7. The molecule has 0 aliphatic heterocycles. The van der Waals surface area contributed by atoms with Crippen molar-refractivity contribution in [3.63, 3.8) is 0 Å². The van der Waals surface area contributed by atoms with Crippen LogP contribution in [0.5, 0.6) is 0 Å². The summed E-state index contributed by atoms with van der Waals surface area (Å²) < 4.78 is 3.08. The van der Waals surface area contributed by atoms with E-state index in [1.165, 1.54) is 0 Å². The monoisotopic (exact) mass is 356 g/mol. The normalized spacial score (nSPS) is 10.9. The third kappa shape index (κ3) is 2.45. The minimum absolute atomic E-state index is 0.268. The molecule has 2 aromatic rings. The maximum Gasteiger partial charge on any atom is 0.152 e. The number of anilines is 3. The van der Waals surface area contributed by atoms with E-state index in [0.29, 0.717) is 5.69 Å². The molecule has 96 valence electrons. The number of para-hydroxylation sites is 1. The summed E-state index contributed by atoms with van der Waals surface area (Å²) in [6, 6.07) is 8.38. The second-order valence-electron chi connectivity index (χ2n) is 4.49. The Balaban J connectivity index is 2.43. The first-order valence-corrected chi connectivity index (χ1v) is 6.94. The average molecular weight is 356 g/mol. The lowest BCUT2D eigenvalue weighted by Gasteiger charge is -2.14. The Hall–Kier alpha value is -1.24. The average Bonchev–Trinajstić information content (AvgIpc) is 2.60. The Kier molecular flexibility index (Phi) is 3.79. The van der Waals surface area contributed by atoms with Crippen molar-refractivity contribution in [2.75, 3.05) is 11.1 Å². The summed E-state index contributed by atoms with van der Waals surface area (Å²) in [4.78, 5) is 0. The molecule has 0 aliphatic rings. The quantitative estimate of drug-likeness (QED) is 0.825. The Morgan fingerprint density at radius 3 is 2.61 bits per heavy atom. The molecule has 3 N–H and O–H groups in total. The van der Waals surface area contributed by atoms with Crippen LogP contribution < -0.4 is 11.1 Å². The number of nitrogen functional groups attached to an aromatic ring is 1. The van der Waals surface area contributed by atoms with E-state index < -0.39 is 0 Å². The molecule has 0 bridgehead atoms. The number of halogens is 1. The van der Waals surface area contributed by atoms with Crippen molar-refractivity contribution in [3.05, 3.63) is 33.5 Å². The minimum atomic E-state index is 0.268. The van der Waals surface area contributed by atoms with E-state index >= 15 is 0 Å². The van der Waals surface area contributed by atoms with Crippen molar-refractivity contribution in [3.8, 4) is 0 Å². The molecule has 0 saturated heterocycles. The van der Waals surface area contributed by atoms with Gasteiger partial charge in [-0.15, -0.1) is 0 Å². The lowest BCUT2D eigenvalue weighted by atomic mass is 10.3. The highest BCUT2D eigenvalue weighted by atomic mass is 127. The van der Waals surface area contributed by atoms with E-state index in [2.05, 4.69) is 52.9 Å². The maximum atomic E-state index is 6.09. The first kappa shape index (κ1) is 13.2. The summed E-state index contributed by atoms with van der Waals surface area (Å²) >= 11 is 2.30. The highest BCUT2D eigenvalue weighted by Crippen LogP contribution is 2.30. The zero-order valence-corrected chi connectivity index (χ0v) is 12.9. The van der Waals surface area contributed by atoms with Gasteiger partial charge in [0.15, 0.2) is 5.82 Å². The predicted octanol–water partition coefficient (Wildman–Crippen LogP) is 3.70. The molecule has 0 atom stereocenters. The van der Waals surface area contributed by atoms with Gasteiger partial charge in [-0.2, -0.15) is 5.10 Å². The largest absolute Gasteiger partial charge is 0.394 e. The lowest BCUT2D eigenvalue weighted by Crippen LogP contribution is -2.08. The lowest BCUT2D eigenvalue weighted by molar-refractivity contribution is 0.536. The van der Waals surface area contributed by atoms with Crippen molar-refractivity contribution in [2.45, 2.75) is 26.8 Å². The van der Waals surface area contributed by atoms with Crippen molar-refractivity contribution in [1.29, 1.82) is 0 Å². The van der Waals surface area contributed by atoms with E-state index in [1.807, 2.05) is 29.8 Å². The Morgan fingerprint density at radius 2 is 2.00 bits per heavy atom. The SMILES string of the molecule is Cc1nn(C(C)C)c(Nc2ccccc2I)c1N. The van der Waals surface area contributed by atoms with Gasteiger partial charge in [0.1, 0.15) is 0 Å². The van der Waals surface area contributed by atoms with Crippen LogP contribution in [0, 0.1) is 10.5 Å². The van der Waals surface area contributed by atoms with Crippen molar-refractivity contribution in [1.82, 2.24) is 9.78 Å². The van der Waals surface area contributed by atoms with Gasteiger partial charge in [0.25, 0.3) is 0 Å². The van der Waals surface area contributed by atoms with Crippen LogP contribution in [0.2, 0.25) is 0 Å². The summed E-state index contributed by atoms with van der Waals surface area (Å²) in [6.45, 7) is 6.11. The first-order valence-electron chi connectivity index (χ1n) is 5.87. The number of nitrogens with one attached hydrogen (secondary N) is 1. The number of hydrogen-bond acceptors (Lipinski definition) is 3. The third-order valence-corrected chi connectivity index (χ3v) is 3.69. The number of aryl methyl sites for hydroxylation is 1. The predicted molar refractivity (Wildman–Crippen MR) is 84.2 cm³/mol. The number of hydrogen-bond donors (Lipinski definition) is 2. The summed E-state index contributed by atoms with van der Waals surface area (Å²) in [5.74, 6) is 0.867. The highest BCUT2D eigenvalue weighted by Gasteiger charge is 2.15. The standard InChI is InChI=1S/C13H17IN4/c1-8(2)18-13(12(15)9(3)17-18)16-11-7-5-4-6-10(11)14/h4-8,16H,15H2,1-3H3. The van der Waals surface area contributed by atoms with Gasteiger partial charge in [-0.1, -0.05) is 12.1 Å². The van der Waals surface area contributed by atoms with Gasteiger partial charge in [0, 0.05) is 9.61 Å². The molecular formula is C13H17IN4.